The van der Waals surface area contributed by atoms with E-state index in [4.69, 9.17) is 0 Å². The molecule has 38 heavy (non-hydrogen) atoms. The third kappa shape index (κ3) is 5.83. The van der Waals surface area contributed by atoms with Gasteiger partial charge >= 0.3 is 6.03 Å². The standard InChI is InChI=1S/C29H39N7O2/c1-18(2)32-29(38)36-26-12-5-19(3)13-25(26)28(34-36)31-15-27(37)33-23-16-35(17-23)24-10-8-21(9-11-24)22-7-6-20(4)30-14-22/h5-7,12-14,18,21,23-24H,8-11,15-17H2,1-4H3,(H,31,34)(H,32,38)(H,33,37). The summed E-state index contributed by atoms with van der Waals surface area (Å²) in [5.74, 6) is 1.09. The number of hydrogen-bond donors (Lipinski definition) is 3. The highest BCUT2D eigenvalue weighted by atomic mass is 16.2. The summed E-state index contributed by atoms with van der Waals surface area (Å²) in [6.45, 7) is 9.76. The first-order valence-electron chi connectivity index (χ1n) is 13.8. The zero-order valence-electron chi connectivity index (χ0n) is 22.8. The molecule has 2 aromatic heterocycles. The molecule has 202 valence electrons. The maximum Gasteiger partial charge on any atom is 0.342 e. The van der Waals surface area contributed by atoms with Gasteiger partial charge in [-0.05, 0) is 83.1 Å². The molecular formula is C29H39N7O2. The van der Waals surface area contributed by atoms with Crippen LogP contribution in [0.1, 0.15) is 62.3 Å². The molecule has 0 atom stereocenters. The van der Waals surface area contributed by atoms with Crippen LogP contribution < -0.4 is 16.0 Å². The van der Waals surface area contributed by atoms with Gasteiger partial charge in [0, 0.05) is 42.5 Å². The Morgan fingerprint density at radius 2 is 1.82 bits per heavy atom. The van der Waals surface area contributed by atoms with Crippen LogP contribution in [0.15, 0.2) is 36.5 Å². The average molecular weight is 518 g/mol. The first-order chi connectivity index (χ1) is 18.3. The predicted molar refractivity (Wildman–Crippen MR) is 150 cm³/mol. The van der Waals surface area contributed by atoms with Crippen LogP contribution in [-0.4, -0.2) is 69.4 Å². The third-order valence-electron chi connectivity index (χ3n) is 7.75. The number of nitrogens with one attached hydrogen (secondary N) is 3. The molecule has 1 aromatic carbocycles. The van der Waals surface area contributed by atoms with Gasteiger partial charge in [-0.3, -0.25) is 14.7 Å². The van der Waals surface area contributed by atoms with Gasteiger partial charge in [0.25, 0.3) is 0 Å². The lowest BCUT2D eigenvalue weighted by atomic mass is 9.81. The highest BCUT2D eigenvalue weighted by Gasteiger charge is 2.35. The Kier molecular flexibility index (Phi) is 7.65. The number of anilines is 1. The lowest BCUT2D eigenvalue weighted by Gasteiger charge is -2.46. The molecule has 1 saturated carbocycles. The highest BCUT2D eigenvalue weighted by Crippen LogP contribution is 2.35. The van der Waals surface area contributed by atoms with E-state index in [9.17, 15) is 9.59 Å². The van der Waals surface area contributed by atoms with Gasteiger partial charge < -0.3 is 16.0 Å². The Bertz CT molecular complexity index is 1290. The number of fused-ring (bicyclic) bond motifs is 1. The fourth-order valence-corrected chi connectivity index (χ4v) is 5.67. The van der Waals surface area contributed by atoms with Crippen molar-refractivity contribution in [2.24, 2.45) is 0 Å². The molecule has 9 nitrogen and oxygen atoms in total. The molecule has 3 N–H and O–H groups in total. The number of carbonyl (C=O) groups excluding carboxylic acids is 2. The van der Waals surface area contributed by atoms with E-state index < -0.39 is 0 Å². The van der Waals surface area contributed by atoms with Crippen LogP contribution in [0.25, 0.3) is 10.9 Å². The number of hydrogen-bond acceptors (Lipinski definition) is 6. The first-order valence-corrected chi connectivity index (χ1v) is 13.8. The average Bonchev–Trinajstić information content (AvgIpc) is 3.23. The van der Waals surface area contributed by atoms with E-state index in [-0.39, 0.29) is 30.6 Å². The molecule has 2 amide bonds. The number of nitrogens with zero attached hydrogens (tertiary/aromatic N) is 4. The predicted octanol–water partition coefficient (Wildman–Crippen LogP) is 3.95. The van der Waals surface area contributed by atoms with Crippen molar-refractivity contribution in [3.05, 3.63) is 53.3 Å². The van der Waals surface area contributed by atoms with E-state index in [0.717, 1.165) is 29.7 Å². The molecule has 0 radical (unpaired) electrons. The van der Waals surface area contributed by atoms with Crippen molar-refractivity contribution in [1.82, 2.24) is 30.3 Å². The van der Waals surface area contributed by atoms with Crippen LogP contribution in [0.2, 0.25) is 0 Å². The van der Waals surface area contributed by atoms with Gasteiger partial charge in [0.2, 0.25) is 5.91 Å². The van der Waals surface area contributed by atoms with Gasteiger partial charge in [-0.25, -0.2) is 4.79 Å². The number of amides is 2. The monoisotopic (exact) mass is 517 g/mol. The Balaban J connectivity index is 1.09. The summed E-state index contributed by atoms with van der Waals surface area (Å²) in [4.78, 5) is 32.3. The number of benzene rings is 1. The van der Waals surface area contributed by atoms with Crippen molar-refractivity contribution in [3.63, 3.8) is 0 Å². The molecule has 2 aliphatic rings. The van der Waals surface area contributed by atoms with Gasteiger partial charge in [-0.1, -0.05) is 17.7 Å². The van der Waals surface area contributed by atoms with Gasteiger partial charge in [0.05, 0.1) is 18.1 Å². The normalized spacial score (nSPS) is 20.3. The number of aromatic nitrogens is 3. The molecule has 0 bridgehead atoms. The quantitative estimate of drug-likeness (QED) is 0.438. The van der Waals surface area contributed by atoms with Crippen LogP contribution in [0.3, 0.4) is 0 Å². The number of likely N-dealkylation sites (tertiary alicyclic amines) is 1. The maximum absolute atomic E-state index is 12.7. The second-order valence-corrected chi connectivity index (χ2v) is 11.2. The van der Waals surface area contributed by atoms with Gasteiger partial charge in [0.15, 0.2) is 5.82 Å². The number of pyridine rings is 1. The largest absolute Gasteiger partial charge is 0.359 e. The number of rotatable bonds is 7. The molecule has 2 fully saturated rings. The van der Waals surface area contributed by atoms with Crippen molar-refractivity contribution in [2.75, 3.05) is 25.0 Å². The molecular weight excluding hydrogens is 478 g/mol. The Morgan fingerprint density at radius 1 is 1.05 bits per heavy atom. The van der Waals surface area contributed by atoms with E-state index in [1.165, 1.54) is 35.9 Å². The molecule has 1 saturated heterocycles. The maximum atomic E-state index is 12.7. The van der Waals surface area contributed by atoms with Crippen LogP contribution in [0, 0.1) is 13.8 Å². The second-order valence-electron chi connectivity index (χ2n) is 11.2. The van der Waals surface area contributed by atoms with Crippen LogP contribution in [-0.2, 0) is 4.79 Å². The molecule has 0 unspecified atom stereocenters. The first kappa shape index (κ1) is 26.2. The minimum atomic E-state index is -0.287. The second kappa shape index (κ2) is 11.1. The van der Waals surface area contributed by atoms with Crippen molar-refractivity contribution >= 4 is 28.7 Å². The van der Waals surface area contributed by atoms with Crippen LogP contribution >= 0.6 is 0 Å². The molecule has 3 heterocycles. The highest BCUT2D eigenvalue weighted by molar-refractivity contribution is 5.98. The van der Waals surface area contributed by atoms with Gasteiger partial charge in [0.1, 0.15) is 0 Å². The molecule has 9 heteroatoms. The van der Waals surface area contributed by atoms with Crippen LogP contribution in [0.5, 0.6) is 0 Å². The molecule has 1 aliphatic carbocycles. The zero-order chi connectivity index (χ0) is 26.8. The summed E-state index contributed by atoms with van der Waals surface area (Å²) in [7, 11) is 0. The number of carbonyl (C=O) groups is 2. The van der Waals surface area contributed by atoms with E-state index in [2.05, 4.69) is 43.1 Å². The lowest BCUT2D eigenvalue weighted by molar-refractivity contribution is -0.121. The van der Waals surface area contributed by atoms with Crippen LogP contribution in [0.4, 0.5) is 10.6 Å². The fourth-order valence-electron chi connectivity index (χ4n) is 5.67. The SMILES string of the molecule is Cc1ccc2c(c1)c(NCC(=O)NC1CN(C3CCC(c4ccc(C)nc4)CC3)C1)nn2C(=O)NC(C)C. The van der Waals surface area contributed by atoms with Gasteiger partial charge in [-0.15, -0.1) is 5.10 Å². The lowest BCUT2D eigenvalue weighted by Crippen LogP contribution is -2.63. The summed E-state index contributed by atoms with van der Waals surface area (Å²) in [5, 5.41) is 14.5. The summed E-state index contributed by atoms with van der Waals surface area (Å²) < 4.78 is 1.36. The van der Waals surface area contributed by atoms with E-state index >= 15 is 0 Å². The molecule has 5 rings (SSSR count). The summed E-state index contributed by atoms with van der Waals surface area (Å²) in [5.41, 5.74) is 4.20. The van der Waals surface area contributed by atoms with Gasteiger partial charge in [-0.2, -0.15) is 4.68 Å². The van der Waals surface area contributed by atoms with Crippen molar-refractivity contribution in [3.8, 4) is 0 Å². The molecule has 3 aromatic rings. The minimum Gasteiger partial charge on any atom is -0.359 e. The van der Waals surface area contributed by atoms with Crippen molar-refractivity contribution < 1.29 is 9.59 Å². The van der Waals surface area contributed by atoms with E-state index in [1.807, 2.05) is 52.1 Å². The van der Waals surface area contributed by atoms with E-state index in [1.54, 1.807) is 0 Å². The Morgan fingerprint density at radius 3 is 2.50 bits per heavy atom. The Hall–Kier alpha value is -3.46. The third-order valence-corrected chi connectivity index (χ3v) is 7.75. The number of aryl methyl sites for hydroxylation is 2. The summed E-state index contributed by atoms with van der Waals surface area (Å²) >= 11 is 0. The smallest absolute Gasteiger partial charge is 0.342 e. The van der Waals surface area contributed by atoms with Crippen molar-refractivity contribution in [2.45, 2.75) is 77.4 Å². The Labute approximate surface area is 224 Å². The summed E-state index contributed by atoms with van der Waals surface area (Å²) in [6.07, 6.45) is 6.82. The molecule has 1 aliphatic heterocycles. The zero-order valence-corrected chi connectivity index (χ0v) is 22.8. The van der Waals surface area contributed by atoms with Crippen molar-refractivity contribution in [1.29, 1.82) is 0 Å². The topological polar surface area (TPSA) is 104 Å². The minimum absolute atomic E-state index is 0.00282. The molecule has 0 spiro atoms. The fraction of sp³-hybridized carbons (Fsp3) is 0.517. The van der Waals surface area contributed by atoms with E-state index in [0.29, 0.717) is 23.3 Å². The summed E-state index contributed by atoms with van der Waals surface area (Å²) in [6, 6.07) is 10.6.